The van der Waals surface area contributed by atoms with Crippen LogP contribution in [0.2, 0.25) is 0 Å². The molecule has 0 amide bonds. The van der Waals surface area contributed by atoms with Crippen molar-refractivity contribution in [1.82, 2.24) is 9.38 Å². The number of aryl methyl sites for hydroxylation is 2. The molecule has 0 aliphatic rings. The van der Waals surface area contributed by atoms with Gasteiger partial charge in [0.25, 0.3) is 0 Å². The fourth-order valence-electron chi connectivity index (χ4n) is 1.75. The number of nitrogens with two attached hydrogens (primary N) is 1. The van der Waals surface area contributed by atoms with Crippen LogP contribution in [-0.4, -0.2) is 9.38 Å². The van der Waals surface area contributed by atoms with Crippen molar-refractivity contribution in [3.8, 4) is 0 Å². The molecule has 2 heterocycles. The molecule has 0 saturated heterocycles. The minimum absolute atomic E-state index is 0.570. The van der Waals surface area contributed by atoms with Crippen molar-refractivity contribution >= 4 is 16.3 Å². The van der Waals surface area contributed by atoms with Crippen LogP contribution in [0.5, 0.6) is 0 Å². The van der Waals surface area contributed by atoms with Crippen LogP contribution in [0.15, 0.2) is 5.38 Å². The molecule has 0 aliphatic carbocycles. The summed E-state index contributed by atoms with van der Waals surface area (Å²) >= 11 is 1.70. The summed E-state index contributed by atoms with van der Waals surface area (Å²) in [5.41, 5.74) is 9.29. The molecule has 0 bridgehead atoms. The van der Waals surface area contributed by atoms with E-state index in [4.69, 9.17) is 5.73 Å². The molecule has 0 spiro atoms. The molecule has 2 rings (SSSR count). The third-order valence-corrected chi connectivity index (χ3v) is 3.30. The smallest absolute Gasteiger partial charge is 0.194 e. The Labute approximate surface area is 87.6 Å². The van der Waals surface area contributed by atoms with E-state index in [-0.39, 0.29) is 0 Å². The average Bonchev–Trinajstić information content (AvgIpc) is 2.66. The highest BCUT2D eigenvalue weighted by molar-refractivity contribution is 7.15. The van der Waals surface area contributed by atoms with Gasteiger partial charge in [0.05, 0.1) is 11.4 Å². The zero-order valence-electron chi connectivity index (χ0n) is 8.58. The number of fused-ring (bicyclic) bond motifs is 1. The Morgan fingerprint density at radius 3 is 3.00 bits per heavy atom. The number of hydrogen-bond donors (Lipinski definition) is 1. The van der Waals surface area contributed by atoms with Crippen LogP contribution in [0.3, 0.4) is 0 Å². The molecule has 2 aromatic heterocycles. The second-order valence-electron chi connectivity index (χ2n) is 3.44. The first-order chi connectivity index (χ1) is 6.77. The van der Waals surface area contributed by atoms with E-state index in [1.807, 2.05) is 6.92 Å². The highest BCUT2D eigenvalue weighted by Gasteiger charge is 2.11. The number of thiazole rings is 1. The molecule has 2 N–H and O–H groups in total. The van der Waals surface area contributed by atoms with E-state index in [1.165, 1.54) is 5.69 Å². The van der Waals surface area contributed by atoms with Crippen LogP contribution < -0.4 is 5.73 Å². The first-order valence-electron chi connectivity index (χ1n) is 4.92. The number of imidazole rings is 1. The Morgan fingerprint density at radius 2 is 2.36 bits per heavy atom. The lowest BCUT2D eigenvalue weighted by Crippen LogP contribution is -2.04. The van der Waals surface area contributed by atoms with Gasteiger partial charge in [0.15, 0.2) is 4.96 Å². The predicted octanol–water partition coefficient (Wildman–Crippen LogP) is 2.12. The zero-order valence-corrected chi connectivity index (χ0v) is 9.40. The normalized spacial score (nSPS) is 11.4. The fraction of sp³-hybridized carbons (Fsp3) is 0.500. The van der Waals surface area contributed by atoms with Gasteiger partial charge < -0.3 is 5.73 Å². The number of nitrogens with zero attached hydrogens (tertiary/aromatic N) is 2. The molecule has 0 saturated carbocycles. The zero-order chi connectivity index (χ0) is 10.1. The lowest BCUT2D eigenvalue weighted by molar-refractivity contribution is 0.837. The van der Waals surface area contributed by atoms with Gasteiger partial charge in [-0.15, -0.1) is 11.3 Å². The molecule has 76 valence electrons. The third kappa shape index (κ3) is 1.35. The maximum atomic E-state index is 5.73. The standard InChI is InChI=1S/C10H15N3S/c1-3-4-8-6-14-10-12-7(2)9(5-11)13(8)10/h6H,3-5,11H2,1-2H3. The Morgan fingerprint density at radius 1 is 1.57 bits per heavy atom. The topological polar surface area (TPSA) is 43.3 Å². The summed E-state index contributed by atoms with van der Waals surface area (Å²) in [5, 5.41) is 2.18. The van der Waals surface area contributed by atoms with E-state index in [0.717, 1.165) is 29.2 Å². The summed E-state index contributed by atoms with van der Waals surface area (Å²) in [4.78, 5) is 5.56. The second-order valence-corrected chi connectivity index (χ2v) is 4.28. The Balaban J connectivity index is 2.62. The lowest BCUT2D eigenvalue weighted by Gasteiger charge is -2.01. The van der Waals surface area contributed by atoms with Crippen LogP contribution >= 0.6 is 11.3 Å². The highest BCUT2D eigenvalue weighted by atomic mass is 32.1. The summed E-state index contributed by atoms with van der Waals surface area (Å²) in [6.07, 6.45) is 2.26. The van der Waals surface area contributed by atoms with Crippen molar-refractivity contribution in [2.45, 2.75) is 33.2 Å². The van der Waals surface area contributed by atoms with E-state index < -0.39 is 0 Å². The number of aromatic nitrogens is 2. The van der Waals surface area contributed by atoms with Gasteiger partial charge in [0.1, 0.15) is 0 Å². The lowest BCUT2D eigenvalue weighted by atomic mass is 10.2. The molecule has 0 atom stereocenters. The van der Waals surface area contributed by atoms with Crippen LogP contribution in [0.25, 0.3) is 4.96 Å². The first-order valence-corrected chi connectivity index (χ1v) is 5.80. The van der Waals surface area contributed by atoms with Crippen LogP contribution in [0, 0.1) is 6.92 Å². The van der Waals surface area contributed by atoms with Gasteiger partial charge in [-0.05, 0) is 13.3 Å². The molecular formula is C10H15N3S. The van der Waals surface area contributed by atoms with Gasteiger partial charge in [-0.1, -0.05) is 13.3 Å². The molecule has 14 heavy (non-hydrogen) atoms. The van der Waals surface area contributed by atoms with Crippen LogP contribution in [0.1, 0.15) is 30.4 Å². The predicted molar refractivity (Wildman–Crippen MR) is 59.7 cm³/mol. The van der Waals surface area contributed by atoms with Crippen molar-refractivity contribution in [3.63, 3.8) is 0 Å². The Hall–Kier alpha value is -0.870. The van der Waals surface area contributed by atoms with Crippen molar-refractivity contribution < 1.29 is 0 Å². The first kappa shape index (κ1) is 9.68. The molecule has 3 nitrogen and oxygen atoms in total. The summed E-state index contributed by atoms with van der Waals surface area (Å²) in [6, 6.07) is 0. The minimum atomic E-state index is 0.570. The summed E-state index contributed by atoms with van der Waals surface area (Å²) in [6.45, 7) is 4.79. The van der Waals surface area contributed by atoms with Gasteiger partial charge in [-0.2, -0.15) is 0 Å². The van der Waals surface area contributed by atoms with Gasteiger partial charge >= 0.3 is 0 Å². The average molecular weight is 209 g/mol. The highest BCUT2D eigenvalue weighted by Crippen LogP contribution is 2.21. The molecule has 2 aromatic rings. The van der Waals surface area contributed by atoms with Crippen molar-refractivity contribution in [1.29, 1.82) is 0 Å². The van der Waals surface area contributed by atoms with E-state index >= 15 is 0 Å². The summed E-state index contributed by atoms with van der Waals surface area (Å²) < 4.78 is 2.21. The minimum Gasteiger partial charge on any atom is -0.325 e. The van der Waals surface area contributed by atoms with Crippen LogP contribution in [-0.2, 0) is 13.0 Å². The second kappa shape index (κ2) is 3.71. The molecule has 4 heteroatoms. The molecule has 0 radical (unpaired) electrons. The molecular weight excluding hydrogens is 194 g/mol. The number of rotatable bonds is 3. The maximum absolute atomic E-state index is 5.73. The third-order valence-electron chi connectivity index (χ3n) is 2.43. The van der Waals surface area contributed by atoms with Crippen molar-refractivity contribution in [2.75, 3.05) is 0 Å². The van der Waals surface area contributed by atoms with Crippen molar-refractivity contribution in [2.24, 2.45) is 5.73 Å². The molecule has 0 aromatic carbocycles. The monoisotopic (exact) mass is 209 g/mol. The molecule has 0 aliphatic heterocycles. The van der Waals surface area contributed by atoms with Gasteiger partial charge in [0, 0.05) is 17.6 Å². The molecule has 0 fully saturated rings. The SMILES string of the molecule is CCCc1csc2nc(C)c(CN)n12. The fourth-order valence-corrected chi connectivity index (χ4v) is 2.74. The largest absolute Gasteiger partial charge is 0.325 e. The maximum Gasteiger partial charge on any atom is 0.194 e. The number of hydrogen-bond acceptors (Lipinski definition) is 3. The van der Waals surface area contributed by atoms with Crippen molar-refractivity contribution in [3.05, 3.63) is 22.5 Å². The van der Waals surface area contributed by atoms with E-state index in [2.05, 4.69) is 21.7 Å². The Bertz CT molecular complexity index is 441. The van der Waals surface area contributed by atoms with E-state index in [1.54, 1.807) is 11.3 Å². The quantitative estimate of drug-likeness (QED) is 0.841. The van der Waals surface area contributed by atoms with Crippen LogP contribution in [0.4, 0.5) is 0 Å². The van der Waals surface area contributed by atoms with Gasteiger partial charge in [-0.3, -0.25) is 4.40 Å². The Kier molecular flexibility index (Phi) is 2.56. The van der Waals surface area contributed by atoms with E-state index in [0.29, 0.717) is 6.54 Å². The summed E-state index contributed by atoms with van der Waals surface area (Å²) in [7, 11) is 0. The van der Waals surface area contributed by atoms with Gasteiger partial charge in [0.2, 0.25) is 0 Å². The van der Waals surface area contributed by atoms with Gasteiger partial charge in [-0.25, -0.2) is 4.98 Å². The molecule has 0 unspecified atom stereocenters. The van der Waals surface area contributed by atoms with E-state index in [9.17, 15) is 0 Å². The summed E-state index contributed by atoms with van der Waals surface area (Å²) in [5.74, 6) is 0.